The summed E-state index contributed by atoms with van der Waals surface area (Å²) in [6.07, 6.45) is 2.12. The van der Waals surface area contributed by atoms with Crippen molar-refractivity contribution in [3.05, 3.63) is 35.4 Å². The number of nitrogens with one attached hydrogen (secondary N) is 2. The zero-order valence-corrected chi connectivity index (χ0v) is 12.3. The van der Waals surface area contributed by atoms with Crippen molar-refractivity contribution < 1.29 is 0 Å². The third-order valence-corrected chi connectivity index (χ3v) is 3.03. The largest absolute Gasteiger partial charge is 0.357 e. The minimum Gasteiger partial charge on any atom is -0.357 e. The molecule has 0 aliphatic rings. The van der Waals surface area contributed by atoms with Gasteiger partial charge in [0.05, 0.1) is 6.54 Å². The molecule has 0 atom stereocenters. The first-order chi connectivity index (χ1) is 8.80. The SMILES string of the molecule is CCNC(=NCc1cccc(CSC)c1)NCC. The second-order valence-electron chi connectivity index (χ2n) is 3.98. The summed E-state index contributed by atoms with van der Waals surface area (Å²) in [5.74, 6) is 1.94. The minimum absolute atomic E-state index is 0.720. The van der Waals surface area contributed by atoms with E-state index in [1.165, 1.54) is 11.1 Å². The Balaban J connectivity index is 2.64. The second kappa shape index (κ2) is 8.86. The number of benzene rings is 1. The van der Waals surface area contributed by atoms with Gasteiger partial charge in [-0.2, -0.15) is 11.8 Å². The number of hydrogen-bond acceptors (Lipinski definition) is 2. The van der Waals surface area contributed by atoms with Gasteiger partial charge in [-0.15, -0.1) is 0 Å². The van der Waals surface area contributed by atoms with Crippen LogP contribution in [-0.2, 0) is 12.3 Å². The van der Waals surface area contributed by atoms with Gasteiger partial charge in [-0.1, -0.05) is 24.3 Å². The van der Waals surface area contributed by atoms with Gasteiger partial charge in [0.1, 0.15) is 0 Å². The van der Waals surface area contributed by atoms with Crippen LogP contribution in [0.4, 0.5) is 0 Å². The van der Waals surface area contributed by atoms with Gasteiger partial charge in [0.2, 0.25) is 0 Å². The highest BCUT2D eigenvalue weighted by atomic mass is 32.2. The molecule has 4 heteroatoms. The first-order valence-electron chi connectivity index (χ1n) is 6.39. The molecule has 0 radical (unpaired) electrons. The number of guanidine groups is 1. The summed E-state index contributed by atoms with van der Waals surface area (Å²) in [5.41, 5.74) is 2.62. The standard InChI is InChI=1S/C14H23N3S/c1-4-15-14(16-5-2)17-10-12-7-6-8-13(9-12)11-18-3/h6-9H,4-5,10-11H2,1-3H3,(H2,15,16,17). The monoisotopic (exact) mass is 265 g/mol. The predicted octanol–water partition coefficient (Wildman–Crippen LogP) is 2.62. The van der Waals surface area contributed by atoms with Crippen molar-refractivity contribution in [2.24, 2.45) is 4.99 Å². The van der Waals surface area contributed by atoms with Crippen LogP contribution in [0.5, 0.6) is 0 Å². The third-order valence-electron chi connectivity index (χ3n) is 2.41. The van der Waals surface area contributed by atoms with Gasteiger partial charge in [0, 0.05) is 18.8 Å². The molecule has 1 aromatic carbocycles. The molecule has 100 valence electrons. The van der Waals surface area contributed by atoms with Crippen molar-refractivity contribution in [1.29, 1.82) is 0 Å². The summed E-state index contributed by atoms with van der Waals surface area (Å²) in [6, 6.07) is 8.63. The average molecular weight is 265 g/mol. The van der Waals surface area contributed by atoms with Crippen molar-refractivity contribution in [2.75, 3.05) is 19.3 Å². The molecule has 0 fully saturated rings. The topological polar surface area (TPSA) is 36.4 Å². The molecule has 0 aliphatic carbocycles. The molecule has 1 rings (SSSR count). The minimum atomic E-state index is 0.720. The fraction of sp³-hybridized carbons (Fsp3) is 0.500. The van der Waals surface area contributed by atoms with Crippen LogP contribution in [0, 0.1) is 0 Å². The molecule has 2 N–H and O–H groups in total. The van der Waals surface area contributed by atoms with Crippen molar-refractivity contribution >= 4 is 17.7 Å². The van der Waals surface area contributed by atoms with Gasteiger partial charge in [-0.3, -0.25) is 0 Å². The predicted molar refractivity (Wildman–Crippen MR) is 82.2 cm³/mol. The van der Waals surface area contributed by atoms with E-state index >= 15 is 0 Å². The highest BCUT2D eigenvalue weighted by Gasteiger charge is 1.97. The Morgan fingerprint density at radius 3 is 2.44 bits per heavy atom. The lowest BCUT2D eigenvalue weighted by Gasteiger charge is -2.09. The Kier molecular flexibility index (Phi) is 7.34. The van der Waals surface area contributed by atoms with Crippen LogP contribution in [0.2, 0.25) is 0 Å². The van der Waals surface area contributed by atoms with Crippen LogP contribution in [0.25, 0.3) is 0 Å². The summed E-state index contributed by atoms with van der Waals surface area (Å²) in [7, 11) is 0. The number of nitrogens with zero attached hydrogens (tertiary/aromatic N) is 1. The summed E-state index contributed by atoms with van der Waals surface area (Å²) in [4.78, 5) is 4.56. The Labute approximate surface area is 114 Å². The van der Waals surface area contributed by atoms with Crippen molar-refractivity contribution in [3.8, 4) is 0 Å². The van der Waals surface area contributed by atoms with E-state index in [1.807, 2.05) is 11.8 Å². The number of rotatable bonds is 6. The van der Waals surface area contributed by atoms with Crippen LogP contribution >= 0.6 is 11.8 Å². The van der Waals surface area contributed by atoms with E-state index in [1.54, 1.807) is 0 Å². The Bertz CT molecular complexity index is 369. The quantitative estimate of drug-likeness (QED) is 0.613. The van der Waals surface area contributed by atoms with Crippen LogP contribution < -0.4 is 10.6 Å². The van der Waals surface area contributed by atoms with E-state index in [9.17, 15) is 0 Å². The lowest BCUT2D eigenvalue weighted by Crippen LogP contribution is -2.36. The molecule has 0 heterocycles. The average Bonchev–Trinajstić information content (AvgIpc) is 2.37. The van der Waals surface area contributed by atoms with E-state index in [0.29, 0.717) is 0 Å². The Hall–Kier alpha value is -1.16. The van der Waals surface area contributed by atoms with Crippen molar-refractivity contribution in [3.63, 3.8) is 0 Å². The van der Waals surface area contributed by atoms with Crippen molar-refractivity contribution in [2.45, 2.75) is 26.1 Å². The molecule has 1 aromatic rings. The first-order valence-corrected chi connectivity index (χ1v) is 7.78. The number of aliphatic imine (C=N–C) groups is 1. The van der Waals surface area contributed by atoms with Crippen LogP contribution in [0.1, 0.15) is 25.0 Å². The van der Waals surface area contributed by atoms with Gasteiger partial charge in [-0.05, 0) is 31.2 Å². The molecule has 0 saturated heterocycles. The van der Waals surface area contributed by atoms with E-state index in [4.69, 9.17) is 0 Å². The van der Waals surface area contributed by atoms with Crippen molar-refractivity contribution in [1.82, 2.24) is 10.6 Å². The molecular formula is C14H23N3S. The molecule has 0 amide bonds. The molecule has 0 bridgehead atoms. The first kappa shape index (κ1) is 14.9. The van der Waals surface area contributed by atoms with Gasteiger partial charge in [0.25, 0.3) is 0 Å². The summed E-state index contributed by atoms with van der Waals surface area (Å²) in [6.45, 7) is 6.64. The Morgan fingerprint density at radius 2 is 1.83 bits per heavy atom. The highest BCUT2D eigenvalue weighted by Crippen LogP contribution is 2.11. The van der Waals surface area contributed by atoms with Crippen LogP contribution in [0.15, 0.2) is 29.3 Å². The summed E-state index contributed by atoms with van der Waals surface area (Å²) in [5, 5.41) is 6.46. The lowest BCUT2D eigenvalue weighted by molar-refractivity contribution is 0.839. The number of hydrogen-bond donors (Lipinski definition) is 2. The maximum Gasteiger partial charge on any atom is 0.191 e. The molecule has 0 aliphatic heterocycles. The van der Waals surface area contributed by atoms with E-state index in [2.05, 4.69) is 60.0 Å². The van der Waals surface area contributed by atoms with Crippen LogP contribution in [0.3, 0.4) is 0 Å². The highest BCUT2D eigenvalue weighted by molar-refractivity contribution is 7.97. The second-order valence-corrected chi connectivity index (χ2v) is 4.84. The fourth-order valence-corrected chi connectivity index (χ4v) is 2.18. The fourth-order valence-electron chi connectivity index (χ4n) is 1.66. The lowest BCUT2D eigenvalue weighted by atomic mass is 10.1. The summed E-state index contributed by atoms with van der Waals surface area (Å²) >= 11 is 1.84. The zero-order valence-electron chi connectivity index (χ0n) is 11.5. The van der Waals surface area contributed by atoms with Gasteiger partial charge >= 0.3 is 0 Å². The maximum atomic E-state index is 4.56. The molecule has 18 heavy (non-hydrogen) atoms. The smallest absolute Gasteiger partial charge is 0.191 e. The summed E-state index contributed by atoms with van der Waals surface area (Å²) < 4.78 is 0. The maximum absolute atomic E-state index is 4.56. The van der Waals surface area contributed by atoms with Gasteiger partial charge < -0.3 is 10.6 Å². The number of thioether (sulfide) groups is 1. The zero-order chi connectivity index (χ0) is 13.2. The van der Waals surface area contributed by atoms with E-state index in [0.717, 1.165) is 31.3 Å². The third kappa shape index (κ3) is 5.45. The molecule has 3 nitrogen and oxygen atoms in total. The van der Waals surface area contributed by atoms with Gasteiger partial charge in [-0.25, -0.2) is 4.99 Å². The Morgan fingerprint density at radius 1 is 1.17 bits per heavy atom. The molecule has 0 unspecified atom stereocenters. The molecule has 0 aromatic heterocycles. The molecular weight excluding hydrogens is 242 g/mol. The van der Waals surface area contributed by atoms with E-state index < -0.39 is 0 Å². The molecule has 0 saturated carbocycles. The normalized spacial score (nSPS) is 9.94. The van der Waals surface area contributed by atoms with Crippen LogP contribution in [-0.4, -0.2) is 25.3 Å². The molecule has 0 spiro atoms. The van der Waals surface area contributed by atoms with Gasteiger partial charge in [0.15, 0.2) is 5.96 Å². The van der Waals surface area contributed by atoms with E-state index in [-0.39, 0.29) is 0 Å².